The molecule has 0 bridgehead atoms. The Labute approximate surface area is 167 Å². The van der Waals surface area contributed by atoms with Crippen molar-refractivity contribution in [1.82, 2.24) is 9.80 Å². The minimum Gasteiger partial charge on any atom is -0.495 e. The summed E-state index contributed by atoms with van der Waals surface area (Å²) in [5, 5.41) is 10.3. The molecule has 1 aromatic heterocycles. The van der Waals surface area contributed by atoms with Crippen molar-refractivity contribution in [2.45, 2.75) is 20.8 Å². The van der Waals surface area contributed by atoms with E-state index in [9.17, 15) is 9.59 Å². The molecule has 0 spiro atoms. The number of methoxy groups -OCH3 is 1. The van der Waals surface area contributed by atoms with Gasteiger partial charge in [0.1, 0.15) is 10.8 Å². The third kappa shape index (κ3) is 5.68. The summed E-state index contributed by atoms with van der Waals surface area (Å²) in [7, 11) is 1.56. The van der Waals surface area contributed by atoms with E-state index in [4.69, 9.17) is 9.47 Å². The van der Waals surface area contributed by atoms with Crippen molar-refractivity contribution in [2.24, 2.45) is 5.10 Å². The molecule has 0 aliphatic carbocycles. The van der Waals surface area contributed by atoms with Crippen LogP contribution in [0.25, 0.3) is 0 Å². The van der Waals surface area contributed by atoms with Gasteiger partial charge in [0, 0.05) is 0 Å². The lowest BCUT2D eigenvalue weighted by atomic mass is 10.2. The van der Waals surface area contributed by atoms with Crippen LogP contribution in [0.1, 0.15) is 25.1 Å². The van der Waals surface area contributed by atoms with Crippen LogP contribution >= 0.6 is 11.5 Å². The van der Waals surface area contributed by atoms with Gasteiger partial charge in [-0.25, -0.2) is 10.2 Å². The summed E-state index contributed by atoms with van der Waals surface area (Å²) in [5.41, 5.74) is 5.06. The summed E-state index contributed by atoms with van der Waals surface area (Å²) in [4.78, 5) is 23.8. The number of ether oxygens (including phenoxy) is 2. The molecule has 1 aromatic carbocycles. The summed E-state index contributed by atoms with van der Waals surface area (Å²) < 4.78 is 14.3. The number of hydrazone groups is 1. The highest BCUT2D eigenvalue weighted by Gasteiger charge is 2.16. The van der Waals surface area contributed by atoms with Crippen molar-refractivity contribution in [3.63, 3.8) is 0 Å². The van der Waals surface area contributed by atoms with E-state index in [1.165, 1.54) is 0 Å². The molecule has 2 amide bonds. The number of hydrogen-bond donors (Lipinski definition) is 3. The fourth-order valence-corrected chi connectivity index (χ4v) is 3.18. The second-order valence-corrected chi connectivity index (χ2v) is 6.38. The predicted octanol–water partition coefficient (Wildman–Crippen LogP) is 2.98. The molecule has 0 atom stereocenters. The van der Waals surface area contributed by atoms with Crippen molar-refractivity contribution in [1.29, 1.82) is 0 Å². The lowest BCUT2D eigenvalue weighted by Crippen LogP contribution is -2.27. The van der Waals surface area contributed by atoms with Crippen LogP contribution in [-0.4, -0.2) is 42.3 Å². The van der Waals surface area contributed by atoms with E-state index in [0.29, 0.717) is 33.4 Å². The largest absolute Gasteiger partial charge is 0.495 e. The maximum absolute atomic E-state index is 12.1. The topological polar surface area (TPSA) is 114 Å². The highest BCUT2D eigenvalue weighted by molar-refractivity contribution is 7.11. The summed E-state index contributed by atoms with van der Waals surface area (Å²) >= 11 is 1.12. The van der Waals surface area contributed by atoms with Crippen LogP contribution in [0, 0.1) is 6.92 Å². The van der Waals surface area contributed by atoms with E-state index < -0.39 is 6.09 Å². The third-order valence-corrected chi connectivity index (χ3v) is 4.46. The van der Waals surface area contributed by atoms with Crippen LogP contribution in [0.5, 0.6) is 5.75 Å². The number of aromatic nitrogens is 1. The quantitative estimate of drug-likeness (QED) is 0.460. The van der Waals surface area contributed by atoms with Crippen LogP contribution in [0.3, 0.4) is 0 Å². The number of nitrogens with one attached hydrogen (secondary N) is 3. The number of benzene rings is 1. The zero-order valence-electron chi connectivity index (χ0n) is 16.2. The summed E-state index contributed by atoms with van der Waals surface area (Å²) in [5.74, 6) is 0.315. The van der Waals surface area contributed by atoms with Gasteiger partial charge in [0.05, 0.1) is 42.9 Å². The molecule has 3 N–H and O–H groups in total. The number of para-hydroxylation sites is 2. The van der Waals surface area contributed by atoms with Crippen molar-refractivity contribution < 1.29 is 19.1 Å². The number of hydrogen-bond acceptors (Lipinski definition) is 8. The number of carbonyl (C=O) groups excluding carboxylic acids is 2. The van der Waals surface area contributed by atoms with Crippen LogP contribution in [0.15, 0.2) is 29.4 Å². The molecule has 0 aliphatic heterocycles. The van der Waals surface area contributed by atoms with Crippen LogP contribution in [0.4, 0.5) is 15.5 Å². The van der Waals surface area contributed by atoms with Gasteiger partial charge in [0.15, 0.2) is 0 Å². The van der Waals surface area contributed by atoms with E-state index >= 15 is 0 Å². The van der Waals surface area contributed by atoms with Crippen molar-refractivity contribution in [2.75, 3.05) is 30.9 Å². The molecular formula is C18H23N5O4S. The first-order valence-electron chi connectivity index (χ1n) is 8.56. The Kier molecular flexibility index (Phi) is 7.76. The molecule has 1 heterocycles. The lowest BCUT2D eigenvalue weighted by Gasteiger charge is -2.10. The van der Waals surface area contributed by atoms with E-state index in [1.807, 2.05) is 18.2 Å². The molecule has 150 valence electrons. The van der Waals surface area contributed by atoms with Crippen LogP contribution in [0.2, 0.25) is 0 Å². The minimum absolute atomic E-state index is 0.0198. The van der Waals surface area contributed by atoms with Gasteiger partial charge in [-0.1, -0.05) is 12.1 Å². The lowest BCUT2D eigenvalue weighted by molar-refractivity contribution is -0.119. The molecule has 0 unspecified atom stereocenters. The molecule has 10 heteroatoms. The molecule has 9 nitrogen and oxygen atoms in total. The molecular weight excluding hydrogens is 382 g/mol. The second kappa shape index (κ2) is 10.3. The Balaban J connectivity index is 1.99. The van der Waals surface area contributed by atoms with Gasteiger partial charge in [-0.15, -0.1) is 0 Å². The third-order valence-electron chi connectivity index (χ3n) is 3.61. The Bertz CT molecular complexity index is 865. The van der Waals surface area contributed by atoms with Crippen molar-refractivity contribution in [3.8, 4) is 5.75 Å². The number of nitrogens with zero attached hydrogens (tertiary/aromatic N) is 2. The molecule has 0 fully saturated rings. The molecule has 28 heavy (non-hydrogen) atoms. The average Bonchev–Trinajstić information content (AvgIpc) is 3.04. The van der Waals surface area contributed by atoms with Crippen molar-refractivity contribution >= 4 is 39.9 Å². The number of anilines is 2. The van der Waals surface area contributed by atoms with Gasteiger partial charge in [-0.2, -0.15) is 9.47 Å². The maximum atomic E-state index is 12.1. The fraction of sp³-hybridized carbons (Fsp3) is 0.333. The first-order valence-corrected chi connectivity index (χ1v) is 9.34. The summed E-state index contributed by atoms with van der Waals surface area (Å²) in [6.45, 7) is 5.53. The van der Waals surface area contributed by atoms with E-state index in [-0.39, 0.29) is 19.1 Å². The van der Waals surface area contributed by atoms with E-state index in [2.05, 4.69) is 25.5 Å². The van der Waals surface area contributed by atoms with Crippen LogP contribution in [-0.2, 0) is 9.53 Å². The number of amides is 2. The number of carbonyl (C=O) groups is 2. The summed E-state index contributed by atoms with van der Waals surface area (Å²) in [6, 6.07) is 7.30. The van der Waals surface area contributed by atoms with Gasteiger partial charge >= 0.3 is 6.09 Å². The Morgan fingerprint density at radius 2 is 2.04 bits per heavy atom. The minimum atomic E-state index is -0.565. The average molecular weight is 405 g/mol. The maximum Gasteiger partial charge on any atom is 0.412 e. The van der Waals surface area contributed by atoms with Crippen molar-refractivity contribution in [3.05, 3.63) is 35.5 Å². The fourth-order valence-electron chi connectivity index (χ4n) is 2.35. The SMILES string of the molecule is CCOC(=O)Nc1snc(C)c1/C(C)=N/NC(=O)CNc1ccccc1OC. The van der Waals surface area contributed by atoms with Gasteiger partial charge in [-0.05, 0) is 44.4 Å². The zero-order valence-corrected chi connectivity index (χ0v) is 17.0. The number of rotatable bonds is 8. The van der Waals surface area contributed by atoms with Crippen LogP contribution < -0.4 is 20.8 Å². The van der Waals surface area contributed by atoms with Gasteiger partial charge in [0.25, 0.3) is 5.91 Å². The first kappa shape index (κ1) is 21.2. The second-order valence-electron chi connectivity index (χ2n) is 5.60. The highest BCUT2D eigenvalue weighted by Crippen LogP contribution is 2.25. The standard InChI is InChI=1S/C18H23N5O4S/c1-5-27-18(25)20-17-16(12(3)23-28-17)11(2)21-22-15(24)10-19-13-8-6-7-9-14(13)26-4/h6-9,19H,5,10H2,1-4H3,(H,20,25)(H,22,24)/b21-11+. The zero-order chi connectivity index (χ0) is 20.5. The Morgan fingerprint density at radius 3 is 2.75 bits per heavy atom. The van der Waals surface area contributed by atoms with Gasteiger partial charge in [-0.3, -0.25) is 10.1 Å². The van der Waals surface area contributed by atoms with Gasteiger partial charge < -0.3 is 14.8 Å². The molecule has 0 aliphatic rings. The van der Waals surface area contributed by atoms with E-state index in [1.54, 1.807) is 33.9 Å². The Morgan fingerprint density at radius 1 is 1.29 bits per heavy atom. The molecule has 0 saturated carbocycles. The normalized spacial score (nSPS) is 10.9. The van der Waals surface area contributed by atoms with E-state index in [0.717, 1.165) is 11.5 Å². The van der Waals surface area contributed by atoms with Gasteiger partial charge in [0.2, 0.25) is 0 Å². The first-order chi connectivity index (χ1) is 13.5. The summed E-state index contributed by atoms with van der Waals surface area (Å²) in [6.07, 6.45) is -0.565. The monoisotopic (exact) mass is 405 g/mol. The molecule has 2 rings (SSSR count). The highest BCUT2D eigenvalue weighted by atomic mass is 32.1. The molecule has 2 aromatic rings. The molecule has 0 saturated heterocycles. The smallest absolute Gasteiger partial charge is 0.412 e. The number of aryl methyl sites for hydroxylation is 1. The predicted molar refractivity (Wildman–Crippen MR) is 109 cm³/mol. The molecule has 0 radical (unpaired) electrons. The Hall–Kier alpha value is -3.14.